The minimum atomic E-state index is -0.0536. The molecule has 0 aliphatic carbocycles. The van der Waals surface area contributed by atoms with E-state index in [1.807, 2.05) is 13.0 Å². The van der Waals surface area contributed by atoms with Crippen LogP contribution in [0.25, 0.3) is 10.6 Å². The van der Waals surface area contributed by atoms with Crippen molar-refractivity contribution in [2.45, 2.75) is 32.2 Å². The van der Waals surface area contributed by atoms with Gasteiger partial charge in [0.05, 0.1) is 16.3 Å². The number of nitrogens with zero attached hydrogens (tertiary/aromatic N) is 3. The van der Waals surface area contributed by atoms with E-state index in [2.05, 4.69) is 37.2 Å². The quantitative estimate of drug-likeness (QED) is 0.754. The summed E-state index contributed by atoms with van der Waals surface area (Å²) in [6, 6.07) is 7.99. The number of aromatic amines is 2. The molecule has 1 aliphatic heterocycles. The fourth-order valence-corrected chi connectivity index (χ4v) is 4.50. The molecule has 1 atom stereocenters. The Morgan fingerprint density at radius 2 is 2.28 bits per heavy atom. The topological polar surface area (TPSA) is 77.7 Å². The van der Waals surface area contributed by atoms with Crippen LogP contribution >= 0.6 is 11.3 Å². The maximum atomic E-state index is 11.7. The summed E-state index contributed by atoms with van der Waals surface area (Å²) < 4.78 is 0. The van der Waals surface area contributed by atoms with Crippen LogP contribution in [0.1, 0.15) is 35.2 Å². The second kappa shape index (κ2) is 6.93. The fraction of sp³-hybridized carbons (Fsp3) is 0.389. The largest absolute Gasteiger partial charge is 0.311 e. The van der Waals surface area contributed by atoms with E-state index in [0.717, 1.165) is 43.9 Å². The van der Waals surface area contributed by atoms with Crippen LogP contribution in [0.2, 0.25) is 0 Å². The number of aromatic nitrogens is 4. The molecule has 0 amide bonds. The first-order chi connectivity index (χ1) is 12.2. The zero-order chi connectivity index (χ0) is 17.2. The van der Waals surface area contributed by atoms with E-state index in [4.69, 9.17) is 0 Å². The van der Waals surface area contributed by atoms with Gasteiger partial charge in [-0.1, -0.05) is 0 Å². The molecule has 2 N–H and O–H groups in total. The lowest BCUT2D eigenvalue weighted by Gasteiger charge is -2.32. The zero-order valence-electron chi connectivity index (χ0n) is 14.2. The van der Waals surface area contributed by atoms with E-state index < -0.39 is 0 Å². The maximum Gasteiger partial charge on any atom is 0.251 e. The fourth-order valence-electron chi connectivity index (χ4n) is 3.47. The number of hydrogen-bond acceptors (Lipinski definition) is 5. The van der Waals surface area contributed by atoms with Gasteiger partial charge in [-0.25, -0.2) is 4.98 Å². The van der Waals surface area contributed by atoms with Crippen molar-refractivity contribution in [3.05, 3.63) is 57.2 Å². The first-order valence-electron chi connectivity index (χ1n) is 8.56. The molecule has 7 heteroatoms. The molecular formula is C18H21N5OS. The molecule has 4 rings (SSSR count). The summed E-state index contributed by atoms with van der Waals surface area (Å²) in [5.74, 6) is 1.03. The third kappa shape index (κ3) is 3.72. The van der Waals surface area contributed by atoms with E-state index in [1.54, 1.807) is 23.6 Å². The number of likely N-dealkylation sites (tertiary alicyclic amines) is 1. The molecule has 1 saturated heterocycles. The highest BCUT2D eigenvalue weighted by molar-refractivity contribution is 7.15. The molecule has 1 aliphatic rings. The number of rotatable bonds is 4. The second-order valence-electron chi connectivity index (χ2n) is 6.57. The predicted octanol–water partition coefficient (Wildman–Crippen LogP) is 2.91. The summed E-state index contributed by atoms with van der Waals surface area (Å²) in [6.45, 7) is 4.83. The highest BCUT2D eigenvalue weighted by Gasteiger charge is 2.23. The molecule has 3 aromatic heterocycles. The Kier molecular flexibility index (Phi) is 4.50. The Labute approximate surface area is 149 Å². The van der Waals surface area contributed by atoms with Crippen LogP contribution in [0.5, 0.6) is 0 Å². The van der Waals surface area contributed by atoms with Gasteiger partial charge in [-0.3, -0.25) is 14.8 Å². The molecule has 0 spiro atoms. The van der Waals surface area contributed by atoms with E-state index in [9.17, 15) is 4.79 Å². The third-order valence-electron chi connectivity index (χ3n) is 4.61. The van der Waals surface area contributed by atoms with Crippen molar-refractivity contribution in [1.29, 1.82) is 0 Å². The van der Waals surface area contributed by atoms with Gasteiger partial charge in [-0.2, -0.15) is 5.10 Å². The number of aryl methyl sites for hydroxylation is 1. The molecule has 0 unspecified atom stereocenters. The highest BCUT2D eigenvalue weighted by atomic mass is 32.1. The van der Waals surface area contributed by atoms with Crippen LogP contribution in [0, 0.1) is 6.92 Å². The van der Waals surface area contributed by atoms with Crippen LogP contribution in [0.15, 0.2) is 35.3 Å². The van der Waals surface area contributed by atoms with E-state index in [1.165, 1.54) is 9.75 Å². The van der Waals surface area contributed by atoms with Crippen molar-refractivity contribution in [2.75, 3.05) is 13.1 Å². The molecule has 3 aromatic rings. The van der Waals surface area contributed by atoms with Gasteiger partial charge in [-0.15, -0.1) is 11.3 Å². The molecule has 6 nitrogen and oxygen atoms in total. The Hall–Kier alpha value is -2.25. The standard InChI is InChI=1S/C18H21N5OS/c1-12-20-16(9-18(24)21-12)13-3-2-8-23(10-13)11-14-4-5-17(25-14)15-6-7-19-22-15/h4-7,9,13H,2-3,8,10-11H2,1H3,(H,19,22)(H,20,21,24)/t13-/m0/s1. The normalized spacial score (nSPS) is 18.5. The SMILES string of the molecule is Cc1nc([C@H]2CCCN(Cc3ccc(-c4ccn[nH]4)s3)C2)cc(=O)[nH]1. The van der Waals surface area contributed by atoms with Crippen molar-refractivity contribution in [2.24, 2.45) is 0 Å². The molecule has 0 bridgehead atoms. The van der Waals surface area contributed by atoms with Crippen LogP contribution in [0.4, 0.5) is 0 Å². The number of H-pyrrole nitrogens is 2. The van der Waals surface area contributed by atoms with Gasteiger partial charge in [0.1, 0.15) is 5.82 Å². The van der Waals surface area contributed by atoms with Gasteiger partial charge in [-0.05, 0) is 44.5 Å². The third-order valence-corrected chi connectivity index (χ3v) is 5.71. The summed E-state index contributed by atoms with van der Waals surface area (Å²) in [5.41, 5.74) is 1.94. The summed E-state index contributed by atoms with van der Waals surface area (Å²) in [5, 5.41) is 7.03. The molecule has 1 fully saturated rings. The highest BCUT2D eigenvalue weighted by Crippen LogP contribution is 2.30. The smallest absolute Gasteiger partial charge is 0.251 e. The summed E-state index contributed by atoms with van der Waals surface area (Å²) in [4.78, 5) is 24.0. The minimum Gasteiger partial charge on any atom is -0.311 e. The van der Waals surface area contributed by atoms with E-state index >= 15 is 0 Å². The van der Waals surface area contributed by atoms with Gasteiger partial charge in [0, 0.05) is 36.1 Å². The van der Waals surface area contributed by atoms with Gasteiger partial charge in [0.2, 0.25) is 0 Å². The second-order valence-corrected chi connectivity index (χ2v) is 7.73. The van der Waals surface area contributed by atoms with Crippen LogP contribution in [-0.2, 0) is 6.54 Å². The number of nitrogens with one attached hydrogen (secondary N) is 2. The molecule has 0 saturated carbocycles. The van der Waals surface area contributed by atoms with E-state index in [0.29, 0.717) is 11.7 Å². The monoisotopic (exact) mass is 355 g/mol. The van der Waals surface area contributed by atoms with Crippen molar-refractivity contribution >= 4 is 11.3 Å². The minimum absolute atomic E-state index is 0.0536. The Morgan fingerprint density at radius 3 is 3.08 bits per heavy atom. The lowest BCUT2D eigenvalue weighted by molar-refractivity contribution is 0.200. The predicted molar refractivity (Wildman–Crippen MR) is 98.7 cm³/mol. The van der Waals surface area contributed by atoms with Crippen LogP contribution in [-0.4, -0.2) is 38.2 Å². The molecule has 4 heterocycles. The summed E-state index contributed by atoms with van der Waals surface area (Å²) in [7, 11) is 0. The Morgan fingerprint density at radius 1 is 1.36 bits per heavy atom. The van der Waals surface area contributed by atoms with Gasteiger partial charge in [0.25, 0.3) is 5.56 Å². The maximum absolute atomic E-state index is 11.7. The number of piperidine rings is 1. The van der Waals surface area contributed by atoms with Gasteiger partial charge >= 0.3 is 0 Å². The average Bonchev–Trinajstić information content (AvgIpc) is 3.25. The van der Waals surface area contributed by atoms with Crippen molar-refractivity contribution in [3.8, 4) is 10.6 Å². The average molecular weight is 355 g/mol. The lowest BCUT2D eigenvalue weighted by atomic mass is 9.94. The Bertz CT molecular complexity index is 898. The molecule has 0 aromatic carbocycles. The van der Waals surface area contributed by atoms with Crippen molar-refractivity contribution < 1.29 is 0 Å². The van der Waals surface area contributed by atoms with E-state index in [-0.39, 0.29) is 5.56 Å². The Balaban J connectivity index is 1.45. The van der Waals surface area contributed by atoms with Crippen molar-refractivity contribution in [3.63, 3.8) is 0 Å². The molecular weight excluding hydrogens is 334 g/mol. The van der Waals surface area contributed by atoms with Crippen LogP contribution in [0.3, 0.4) is 0 Å². The zero-order valence-corrected chi connectivity index (χ0v) is 15.0. The molecule has 25 heavy (non-hydrogen) atoms. The molecule has 0 radical (unpaired) electrons. The number of hydrogen-bond donors (Lipinski definition) is 2. The number of thiophene rings is 1. The summed E-state index contributed by atoms with van der Waals surface area (Å²) in [6.07, 6.45) is 4.01. The summed E-state index contributed by atoms with van der Waals surface area (Å²) >= 11 is 1.80. The van der Waals surface area contributed by atoms with Crippen molar-refractivity contribution in [1.82, 2.24) is 25.1 Å². The lowest BCUT2D eigenvalue weighted by Crippen LogP contribution is -2.34. The van der Waals surface area contributed by atoms with Gasteiger partial charge < -0.3 is 4.98 Å². The van der Waals surface area contributed by atoms with Gasteiger partial charge in [0.15, 0.2) is 0 Å². The molecule has 130 valence electrons. The first kappa shape index (κ1) is 16.2. The first-order valence-corrected chi connectivity index (χ1v) is 9.38. The van der Waals surface area contributed by atoms with Crippen LogP contribution < -0.4 is 5.56 Å².